The number of primary amides is 1. The molecule has 38 heavy (non-hydrogen) atoms. The van der Waals surface area contributed by atoms with Crippen molar-refractivity contribution >= 4 is 34.8 Å². The molecule has 4 N–H and O–H groups in total. The van der Waals surface area contributed by atoms with E-state index in [1.807, 2.05) is 12.1 Å². The standard InChI is InChI=1S/C27H33ClN6O4/c1-15-5-7-16(8-6-15)14-34-21-20(18-3-2-4-19(28)13-18)31-25(23(29)38-27(30)36)32-24(21)33-26(34)22(35)17-9-11-37-12-10-17/h2-4,13,15-17,22,29,35H,5-12,14H2,1H3,(H2,30,36). The van der Waals surface area contributed by atoms with Crippen molar-refractivity contribution in [2.45, 2.75) is 58.1 Å². The van der Waals surface area contributed by atoms with Gasteiger partial charge in [0.1, 0.15) is 23.1 Å². The summed E-state index contributed by atoms with van der Waals surface area (Å²) in [6.45, 7) is 4.16. The number of nitrogens with one attached hydrogen (secondary N) is 1. The second-order valence-electron chi connectivity index (χ2n) is 10.4. The van der Waals surface area contributed by atoms with E-state index in [1.54, 1.807) is 12.1 Å². The Morgan fingerprint density at radius 1 is 1.21 bits per heavy atom. The zero-order valence-electron chi connectivity index (χ0n) is 21.4. The summed E-state index contributed by atoms with van der Waals surface area (Å²) in [6, 6.07) is 7.23. The van der Waals surface area contributed by atoms with Crippen molar-refractivity contribution in [1.29, 1.82) is 5.41 Å². The maximum atomic E-state index is 11.6. The highest BCUT2D eigenvalue weighted by Gasteiger charge is 2.32. The highest BCUT2D eigenvalue weighted by Crippen LogP contribution is 2.37. The molecule has 2 fully saturated rings. The maximum Gasteiger partial charge on any atom is 0.411 e. The SMILES string of the molecule is CC1CCC(Cn2c(C(O)C3CCOCC3)nc3nc(C(=N)OC(N)=O)nc(-c4cccc(Cl)c4)c32)CC1. The van der Waals surface area contributed by atoms with Crippen LogP contribution in [0.5, 0.6) is 0 Å². The molecule has 1 aromatic carbocycles. The van der Waals surface area contributed by atoms with Gasteiger partial charge < -0.3 is 24.9 Å². The molecule has 202 valence electrons. The first kappa shape index (κ1) is 26.5. The van der Waals surface area contributed by atoms with Crippen LogP contribution in [0.4, 0.5) is 4.79 Å². The summed E-state index contributed by atoms with van der Waals surface area (Å²) >= 11 is 6.34. The zero-order valence-corrected chi connectivity index (χ0v) is 22.2. The fourth-order valence-electron chi connectivity index (χ4n) is 5.56. The minimum absolute atomic E-state index is 0.00392. The lowest BCUT2D eigenvalue weighted by atomic mass is 9.83. The number of carbonyl (C=O) groups excluding carboxylic acids is 1. The number of halogens is 1. The Balaban J connectivity index is 1.69. The van der Waals surface area contributed by atoms with Crippen LogP contribution in [-0.4, -0.2) is 49.8 Å². The van der Waals surface area contributed by atoms with E-state index >= 15 is 0 Å². The topological polar surface area (TPSA) is 149 Å². The first-order valence-corrected chi connectivity index (χ1v) is 13.5. The van der Waals surface area contributed by atoms with E-state index in [2.05, 4.69) is 21.5 Å². The smallest absolute Gasteiger partial charge is 0.388 e. The highest BCUT2D eigenvalue weighted by molar-refractivity contribution is 6.30. The van der Waals surface area contributed by atoms with Crippen molar-refractivity contribution in [2.24, 2.45) is 23.5 Å². The first-order chi connectivity index (χ1) is 18.3. The third-order valence-electron chi connectivity index (χ3n) is 7.69. The number of nitrogens with two attached hydrogens (primary N) is 1. The quantitative estimate of drug-likeness (QED) is 0.298. The molecule has 3 heterocycles. The van der Waals surface area contributed by atoms with Crippen molar-refractivity contribution in [1.82, 2.24) is 19.5 Å². The van der Waals surface area contributed by atoms with Gasteiger partial charge in [-0.3, -0.25) is 5.41 Å². The van der Waals surface area contributed by atoms with E-state index in [9.17, 15) is 9.90 Å². The number of amides is 1. The summed E-state index contributed by atoms with van der Waals surface area (Å²) in [5.74, 6) is 0.960. The third kappa shape index (κ3) is 5.67. The summed E-state index contributed by atoms with van der Waals surface area (Å²) in [5, 5.41) is 20.3. The monoisotopic (exact) mass is 540 g/mol. The Bertz CT molecular complexity index is 1330. The van der Waals surface area contributed by atoms with Crippen molar-refractivity contribution in [3.63, 3.8) is 0 Å². The van der Waals surface area contributed by atoms with E-state index < -0.39 is 18.1 Å². The van der Waals surface area contributed by atoms with Gasteiger partial charge in [0.25, 0.3) is 5.90 Å². The van der Waals surface area contributed by atoms with E-state index in [1.165, 1.54) is 12.8 Å². The van der Waals surface area contributed by atoms with E-state index in [-0.39, 0.29) is 11.7 Å². The number of aliphatic hydroxyl groups is 1. The molecule has 1 unspecified atom stereocenters. The normalized spacial score (nSPS) is 21.3. The predicted molar refractivity (Wildman–Crippen MR) is 143 cm³/mol. The summed E-state index contributed by atoms with van der Waals surface area (Å²) in [6.07, 6.45) is 4.05. The molecule has 1 aliphatic heterocycles. The lowest BCUT2D eigenvalue weighted by Gasteiger charge is -2.30. The summed E-state index contributed by atoms with van der Waals surface area (Å²) in [7, 11) is 0. The van der Waals surface area contributed by atoms with Crippen LogP contribution in [0.2, 0.25) is 5.02 Å². The van der Waals surface area contributed by atoms with Gasteiger partial charge in [-0.2, -0.15) is 0 Å². The molecule has 3 aromatic rings. The van der Waals surface area contributed by atoms with Crippen LogP contribution >= 0.6 is 11.6 Å². The Morgan fingerprint density at radius 2 is 1.95 bits per heavy atom. The van der Waals surface area contributed by atoms with E-state index in [0.29, 0.717) is 64.9 Å². The summed E-state index contributed by atoms with van der Waals surface area (Å²) < 4.78 is 12.4. The van der Waals surface area contributed by atoms with Crippen LogP contribution in [0.15, 0.2) is 24.3 Å². The van der Waals surface area contributed by atoms with Gasteiger partial charge in [0, 0.05) is 30.3 Å². The number of imidazole rings is 1. The van der Waals surface area contributed by atoms with Gasteiger partial charge in [-0.15, -0.1) is 0 Å². The molecule has 1 amide bonds. The molecule has 0 bridgehead atoms. The Kier molecular flexibility index (Phi) is 7.92. The molecule has 1 atom stereocenters. The van der Waals surface area contributed by atoms with Crippen LogP contribution < -0.4 is 5.73 Å². The van der Waals surface area contributed by atoms with Gasteiger partial charge in [0.2, 0.25) is 5.82 Å². The number of hydrogen-bond donors (Lipinski definition) is 3. The maximum absolute atomic E-state index is 11.6. The number of nitrogens with zero attached hydrogens (tertiary/aromatic N) is 4. The van der Waals surface area contributed by atoms with Crippen LogP contribution in [0.1, 0.15) is 63.2 Å². The highest BCUT2D eigenvalue weighted by atomic mass is 35.5. The molecular formula is C27H33ClN6O4. The van der Waals surface area contributed by atoms with Gasteiger partial charge in [-0.1, -0.05) is 43.5 Å². The number of rotatable bonds is 6. The number of fused-ring (bicyclic) bond motifs is 1. The van der Waals surface area contributed by atoms with Crippen molar-refractivity contribution < 1.29 is 19.4 Å². The van der Waals surface area contributed by atoms with Crippen LogP contribution in [0.3, 0.4) is 0 Å². The van der Waals surface area contributed by atoms with Gasteiger partial charge in [-0.05, 0) is 55.6 Å². The van der Waals surface area contributed by atoms with Crippen molar-refractivity contribution in [2.75, 3.05) is 13.2 Å². The fourth-order valence-corrected chi connectivity index (χ4v) is 5.75. The average molecular weight is 541 g/mol. The predicted octanol–water partition coefficient (Wildman–Crippen LogP) is 4.85. The van der Waals surface area contributed by atoms with Gasteiger partial charge >= 0.3 is 6.09 Å². The lowest BCUT2D eigenvalue weighted by Crippen LogP contribution is -2.26. The largest absolute Gasteiger partial charge is 0.411 e. The molecule has 0 radical (unpaired) electrons. The number of hydrogen-bond acceptors (Lipinski definition) is 8. The average Bonchev–Trinajstić information content (AvgIpc) is 3.27. The van der Waals surface area contributed by atoms with Crippen LogP contribution in [-0.2, 0) is 16.0 Å². The molecule has 2 aliphatic rings. The van der Waals surface area contributed by atoms with Gasteiger partial charge in [0.15, 0.2) is 5.65 Å². The molecule has 1 saturated heterocycles. The molecule has 11 heteroatoms. The Hall–Kier alpha value is -3.08. The zero-order chi connectivity index (χ0) is 26.8. The second-order valence-corrected chi connectivity index (χ2v) is 10.9. The molecule has 5 rings (SSSR count). The number of aliphatic hydroxyl groups excluding tert-OH is 1. The number of aromatic nitrogens is 4. The molecule has 1 aliphatic carbocycles. The second kappa shape index (κ2) is 11.3. The minimum Gasteiger partial charge on any atom is -0.388 e. The Labute approximate surface area is 226 Å². The van der Waals surface area contributed by atoms with Crippen LogP contribution in [0.25, 0.3) is 22.4 Å². The van der Waals surface area contributed by atoms with E-state index in [0.717, 1.165) is 25.7 Å². The minimum atomic E-state index is -1.13. The fraction of sp³-hybridized carbons (Fsp3) is 0.519. The summed E-state index contributed by atoms with van der Waals surface area (Å²) in [5.41, 5.74) is 7.30. The molecule has 0 spiro atoms. The van der Waals surface area contributed by atoms with Gasteiger partial charge in [-0.25, -0.2) is 19.7 Å². The lowest BCUT2D eigenvalue weighted by molar-refractivity contribution is 0.00228. The number of ether oxygens (including phenoxy) is 2. The number of benzene rings is 1. The molecule has 1 saturated carbocycles. The van der Waals surface area contributed by atoms with Crippen molar-refractivity contribution in [3.8, 4) is 11.3 Å². The first-order valence-electron chi connectivity index (χ1n) is 13.2. The van der Waals surface area contributed by atoms with Crippen LogP contribution in [0, 0.1) is 23.2 Å². The Morgan fingerprint density at radius 3 is 2.63 bits per heavy atom. The number of carbonyl (C=O) groups is 1. The summed E-state index contributed by atoms with van der Waals surface area (Å²) in [4.78, 5) is 25.3. The molecule has 10 nitrogen and oxygen atoms in total. The molecule has 2 aromatic heterocycles. The molecular weight excluding hydrogens is 508 g/mol. The third-order valence-corrected chi connectivity index (χ3v) is 7.92. The van der Waals surface area contributed by atoms with E-state index in [4.69, 9.17) is 37.2 Å². The van der Waals surface area contributed by atoms with Gasteiger partial charge in [0.05, 0.1) is 0 Å². The van der Waals surface area contributed by atoms with Crippen molar-refractivity contribution in [3.05, 3.63) is 40.9 Å².